The van der Waals surface area contributed by atoms with Crippen LogP contribution in [0.2, 0.25) is 0 Å². The molecule has 1 N–H and O–H groups in total. The summed E-state index contributed by atoms with van der Waals surface area (Å²) in [5.41, 5.74) is 0. The maximum atomic E-state index is 5.50. The summed E-state index contributed by atoms with van der Waals surface area (Å²) in [6, 6.07) is 0.756. The fourth-order valence-electron chi connectivity index (χ4n) is 2.66. The highest BCUT2D eigenvalue weighted by molar-refractivity contribution is 4.89. The van der Waals surface area contributed by atoms with E-state index in [0.717, 1.165) is 31.1 Å². The molecule has 2 heteroatoms. The van der Waals surface area contributed by atoms with E-state index in [4.69, 9.17) is 4.74 Å². The van der Waals surface area contributed by atoms with Gasteiger partial charge in [-0.1, -0.05) is 13.3 Å². The molecule has 2 rings (SSSR count). The van der Waals surface area contributed by atoms with E-state index in [1.165, 1.54) is 38.6 Å². The van der Waals surface area contributed by atoms with Gasteiger partial charge in [-0.05, 0) is 38.1 Å². The SMILES string of the molecule is CCCNC(C1CCC1)C1CCOC1. The Hall–Kier alpha value is -0.0800. The van der Waals surface area contributed by atoms with Gasteiger partial charge in [0.1, 0.15) is 0 Å². The Balaban J connectivity index is 1.83. The largest absolute Gasteiger partial charge is 0.381 e. The van der Waals surface area contributed by atoms with E-state index >= 15 is 0 Å². The lowest BCUT2D eigenvalue weighted by Crippen LogP contribution is -2.45. The summed E-state index contributed by atoms with van der Waals surface area (Å²) in [4.78, 5) is 0. The molecule has 14 heavy (non-hydrogen) atoms. The Morgan fingerprint density at radius 2 is 2.14 bits per heavy atom. The minimum atomic E-state index is 0.756. The number of hydrogen-bond acceptors (Lipinski definition) is 2. The van der Waals surface area contributed by atoms with Crippen LogP contribution in [-0.4, -0.2) is 25.8 Å². The highest BCUT2D eigenvalue weighted by Gasteiger charge is 2.34. The lowest BCUT2D eigenvalue weighted by atomic mass is 9.74. The van der Waals surface area contributed by atoms with Gasteiger partial charge in [-0.3, -0.25) is 0 Å². The zero-order valence-electron chi connectivity index (χ0n) is 9.30. The first-order chi connectivity index (χ1) is 6.92. The molecule has 0 radical (unpaired) electrons. The molecule has 2 aliphatic rings. The van der Waals surface area contributed by atoms with E-state index in [1.807, 2.05) is 0 Å². The lowest BCUT2D eigenvalue weighted by Gasteiger charge is -2.37. The lowest BCUT2D eigenvalue weighted by molar-refractivity contribution is 0.139. The number of nitrogens with one attached hydrogen (secondary N) is 1. The first-order valence-electron chi connectivity index (χ1n) is 6.23. The molecule has 0 aromatic heterocycles. The molecule has 1 saturated carbocycles. The molecule has 0 aromatic carbocycles. The fraction of sp³-hybridized carbons (Fsp3) is 1.00. The predicted molar refractivity (Wildman–Crippen MR) is 58.3 cm³/mol. The third-order valence-electron chi connectivity index (χ3n) is 3.76. The number of rotatable bonds is 5. The van der Waals surface area contributed by atoms with Crippen molar-refractivity contribution in [1.82, 2.24) is 5.32 Å². The van der Waals surface area contributed by atoms with Gasteiger partial charge in [0.05, 0.1) is 6.61 Å². The Kier molecular flexibility index (Phi) is 3.82. The Morgan fingerprint density at radius 1 is 1.29 bits per heavy atom. The molecule has 2 nitrogen and oxygen atoms in total. The van der Waals surface area contributed by atoms with Gasteiger partial charge in [0.2, 0.25) is 0 Å². The minimum absolute atomic E-state index is 0.756. The first-order valence-corrected chi connectivity index (χ1v) is 6.23. The van der Waals surface area contributed by atoms with Crippen LogP contribution >= 0.6 is 0 Å². The van der Waals surface area contributed by atoms with E-state index in [0.29, 0.717) is 0 Å². The highest BCUT2D eigenvalue weighted by Crippen LogP contribution is 2.35. The standard InChI is InChI=1S/C12H23NO/c1-2-7-13-12(10-4-3-5-10)11-6-8-14-9-11/h10-13H,2-9H2,1H3. The van der Waals surface area contributed by atoms with Gasteiger partial charge in [-0.2, -0.15) is 0 Å². The number of hydrogen-bond donors (Lipinski definition) is 1. The van der Waals surface area contributed by atoms with Crippen molar-refractivity contribution < 1.29 is 4.74 Å². The molecular weight excluding hydrogens is 174 g/mol. The quantitative estimate of drug-likeness (QED) is 0.729. The van der Waals surface area contributed by atoms with Crippen molar-refractivity contribution in [2.24, 2.45) is 11.8 Å². The molecule has 2 fully saturated rings. The smallest absolute Gasteiger partial charge is 0.0510 e. The predicted octanol–water partition coefficient (Wildman–Crippen LogP) is 2.19. The van der Waals surface area contributed by atoms with E-state index in [2.05, 4.69) is 12.2 Å². The van der Waals surface area contributed by atoms with Crippen molar-refractivity contribution in [3.63, 3.8) is 0 Å². The van der Waals surface area contributed by atoms with Crippen molar-refractivity contribution in [1.29, 1.82) is 0 Å². The molecule has 2 atom stereocenters. The van der Waals surface area contributed by atoms with Crippen molar-refractivity contribution in [2.75, 3.05) is 19.8 Å². The van der Waals surface area contributed by atoms with E-state index in [1.54, 1.807) is 0 Å². The highest BCUT2D eigenvalue weighted by atomic mass is 16.5. The molecule has 0 aromatic rings. The van der Waals surface area contributed by atoms with Crippen LogP contribution in [0.3, 0.4) is 0 Å². The van der Waals surface area contributed by atoms with Gasteiger partial charge in [0.25, 0.3) is 0 Å². The molecule has 82 valence electrons. The van der Waals surface area contributed by atoms with Crippen LogP contribution in [0.1, 0.15) is 39.0 Å². The molecule has 1 aliphatic heterocycles. The van der Waals surface area contributed by atoms with Crippen LogP contribution in [0.5, 0.6) is 0 Å². The molecule has 0 bridgehead atoms. The van der Waals surface area contributed by atoms with Crippen molar-refractivity contribution in [3.8, 4) is 0 Å². The van der Waals surface area contributed by atoms with Gasteiger partial charge in [0.15, 0.2) is 0 Å². The summed E-state index contributed by atoms with van der Waals surface area (Å²) < 4.78 is 5.50. The van der Waals surface area contributed by atoms with Gasteiger partial charge >= 0.3 is 0 Å². The molecule has 0 amide bonds. The van der Waals surface area contributed by atoms with Crippen LogP contribution in [0.4, 0.5) is 0 Å². The van der Waals surface area contributed by atoms with Crippen molar-refractivity contribution in [3.05, 3.63) is 0 Å². The van der Waals surface area contributed by atoms with Gasteiger partial charge in [-0.25, -0.2) is 0 Å². The Morgan fingerprint density at radius 3 is 2.64 bits per heavy atom. The Labute approximate surface area is 87.4 Å². The minimum Gasteiger partial charge on any atom is -0.381 e. The van der Waals surface area contributed by atoms with Crippen LogP contribution in [0.25, 0.3) is 0 Å². The maximum Gasteiger partial charge on any atom is 0.0510 e. The van der Waals surface area contributed by atoms with Crippen LogP contribution in [0.15, 0.2) is 0 Å². The van der Waals surface area contributed by atoms with Crippen LogP contribution < -0.4 is 5.32 Å². The van der Waals surface area contributed by atoms with Gasteiger partial charge in [0, 0.05) is 18.6 Å². The fourth-order valence-corrected chi connectivity index (χ4v) is 2.66. The second kappa shape index (κ2) is 5.13. The molecular formula is C12H23NO. The van der Waals surface area contributed by atoms with Crippen LogP contribution in [-0.2, 0) is 4.74 Å². The topological polar surface area (TPSA) is 21.3 Å². The number of ether oxygens (including phenoxy) is 1. The summed E-state index contributed by atoms with van der Waals surface area (Å²) >= 11 is 0. The van der Waals surface area contributed by atoms with E-state index in [-0.39, 0.29) is 0 Å². The molecule has 0 spiro atoms. The third kappa shape index (κ3) is 2.29. The molecule has 1 aliphatic carbocycles. The second-order valence-corrected chi connectivity index (χ2v) is 4.79. The van der Waals surface area contributed by atoms with Gasteiger partial charge < -0.3 is 10.1 Å². The third-order valence-corrected chi connectivity index (χ3v) is 3.76. The van der Waals surface area contributed by atoms with Crippen LogP contribution in [0, 0.1) is 11.8 Å². The average Bonchev–Trinajstić information content (AvgIpc) is 2.61. The first kappa shape index (κ1) is 10.4. The molecule has 1 heterocycles. The summed E-state index contributed by atoms with van der Waals surface area (Å²) in [5, 5.41) is 3.73. The molecule has 1 saturated heterocycles. The van der Waals surface area contributed by atoms with E-state index in [9.17, 15) is 0 Å². The average molecular weight is 197 g/mol. The monoisotopic (exact) mass is 197 g/mol. The Bertz CT molecular complexity index is 162. The van der Waals surface area contributed by atoms with Crippen molar-refractivity contribution in [2.45, 2.75) is 45.1 Å². The maximum absolute atomic E-state index is 5.50. The summed E-state index contributed by atoms with van der Waals surface area (Å²) in [7, 11) is 0. The zero-order valence-corrected chi connectivity index (χ0v) is 9.30. The summed E-state index contributed by atoms with van der Waals surface area (Å²) in [6.45, 7) is 5.41. The zero-order chi connectivity index (χ0) is 9.80. The van der Waals surface area contributed by atoms with Crippen molar-refractivity contribution >= 4 is 0 Å². The second-order valence-electron chi connectivity index (χ2n) is 4.79. The summed E-state index contributed by atoms with van der Waals surface area (Å²) in [6.07, 6.45) is 6.85. The summed E-state index contributed by atoms with van der Waals surface area (Å²) in [5.74, 6) is 1.75. The molecule has 2 unspecified atom stereocenters. The van der Waals surface area contributed by atoms with Gasteiger partial charge in [-0.15, -0.1) is 0 Å². The normalized spacial score (nSPS) is 30.2. The van der Waals surface area contributed by atoms with E-state index < -0.39 is 0 Å².